The van der Waals surface area contributed by atoms with Gasteiger partial charge in [-0.1, -0.05) is 19.1 Å². The molecule has 1 N–H and O–H groups in total. The predicted molar refractivity (Wildman–Crippen MR) is 107 cm³/mol. The third-order valence-corrected chi connectivity index (χ3v) is 7.26. The van der Waals surface area contributed by atoms with Crippen molar-refractivity contribution < 1.29 is 23.1 Å². The summed E-state index contributed by atoms with van der Waals surface area (Å²) in [6.45, 7) is 5.85. The largest absolute Gasteiger partial charge is 0.507 e. The Labute approximate surface area is 165 Å². The number of carbonyl (C=O) groups excluding carboxylic acids is 1. The summed E-state index contributed by atoms with van der Waals surface area (Å²) < 4.78 is 33.3. The van der Waals surface area contributed by atoms with E-state index in [1.165, 1.54) is 29.6 Å². The summed E-state index contributed by atoms with van der Waals surface area (Å²) in [4.78, 5) is 11.8. The van der Waals surface area contributed by atoms with E-state index in [1.54, 1.807) is 0 Å². The number of rotatable bonds is 4. The maximum absolute atomic E-state index is 13.6. The summed E-state index contributed by atoms with van der Waals surface area (Å²) in [5, 5.41) is 9.92. The Kier molecular flexibility index (Phi) is 5.14. The van der Waals surface area contributed by atoms with Crippen LogP contribution < -0.4 is 4.31 Å². The lowest BCUT2D eigenvalue weighted by Gasteiger charge is -2.44. The Morgan fingerprint density at radius 2 is 1.93 bits per heavy atom. The van der Waals surface area contributed by atoms with Gasteiger partial charge in [-0.05, 0) is 68.5 Å². The van der Waals surface area contributed by atoms with Crippen molar-refractivity contribution >= 4 is 21.7 Å². The van der Waals surface area contributed by atoms with E-state index in [-0.39, 0.29) is 16.2 Å². The normalized spacial score (nSPS) is 15.8. The van der Waals surface area contributed by atoms with Gasteiger partial charge in [-0.15, -0.1) is 0 Å². The highest BCUT2D eigenvalue weighted by molar-refractivity contribution is 7.93. The molecule has 6 nitrogen and oxygen atoms in total. The van der Waals surface area contributed by atoms with Gasteiger partial charge in [0.2, 0.25) is 0 Å². The first kappa shape index (κ1) is 20.2. The number of aryl methyl sites for hydroxylation is 2. The first-order chi connectivity index (χ1) is 13.1. The summed E-state index contributed by atoms with van der Waals surface area (Å²) in [6, 6.07) is 9.54. The molecule has 0 amide bonds. The standard InChI is InChI=1S/C21H25NO5S/c1-5-14-6-8-18-15(12-14)10-11-21(2,3)22(18)28(25,26)16-7-9-19(23)17(13-16)20(24)27-4/h6-9,12-13,23H,5,10-11H2,1-4H3. The van der Waals surface area contributed by atoms with Crippen LogP contribution in [0.15, 0.2) is 41.3 Å². The molecule has 28 heavy (non-hydrogen) atoms. The number of nitrogens with zero attached hydrogens (tertiary/aromatic N) is 1. The third kappa shape index (κ3) is 3.35. The Bertz CT molecular complexity index is 1030. The molecular weight excluding hydrogens is 378 g/mol. The second kappa shape index (κ2) is 7.13. The van der Waals surface area contributed by atoms with Gasteiger partial charge in [0.1, 0.15) is 11.3 Å². The van der Waals surface area contributed by atoms with Crippen molar-refractivity contribution in [3.63, 3.8) is 0 Å². The smallest absolute Gasteiger partial charge is 0.341 e. The van der Waals surface area contributed by atoms with Crippen LogP contribution in [0.1, 0.15) is 48.7 Å². The third-order valence-electron chi connectivity index (χ3n) is 5.24. The highest BCUT2D eigenvalue weighted by Crippen LogP contribution is 2.41. The molecule has 1 aliphatic rings. The van der Waals surface area contributed by atoms with Gasteiger partial charge in [0.15, 0.2) is 0 Å². The summed E-state index contributed by atoms with van der Waals surface area (Å²) >= 11 is 0. The van der Waals surface area contributed by atoms with Crippen LogP contribution in [0.5, 0.6) is 5.75 Å². The number of hydrogen-bond donors (Lipinski definition) is 1. The minimum Gasteiger partial charge on any atom is -0.507 e. The number of hydrogen-bond acceptors (Lipinski definition) is 5. The summed E-state index contributed by atoms with van der Waals surface area (Å²) in [5.74, 6) is -1.11. The van der Waals surface area contributed by atoms with Gasteiger partial charge in [0.25, 0.3) is 10.0 Å². The average Bonchev–Trinajstić information content (AvgIpc) is 2.66. The molecule has 0 aromatic heterocycles. The molecule has 0 fully saturated rings. The van der Waals surface area contributed by atoms with Gasteiger partial charge < -0.3 is 9.84 Å². The zero-order chi connectivity index (χ0) is 20.7. The Hall–Kier alpha value is -2.54. The fourth-order valence-corrected chi connectivity index (χ4v) is 5.53. The SMILES string of the molecule is CCc1ccc2c(c1)CCC(C)(C)N2S(=O)(=O)c1ccc(O)c(C(=O)OC)c1. The Balaban J connectivity index is 2.17. The molecule has 0 radical (unpaired) electrons. The van der Waals surface area contributed by atoms with Crippen LogP contribution in [-0.2, 0) is 27.6 Å². The van der Waals surface area contributed by atoms with E-state index in [0.717, 1.165) is 24.0 Å². The van der Waals surface area contributed by atoms with Gasteiger partial charge in [-0.2, -0.15) is 0 Å². The number of benzene rings is 2. The molecule has 150 valence electrons. The van der Waals surface area contributed by atoms with Crippen LogP contribution >= 0.6 is 0 Å². The van der Waals surface area contributed by atoms with Crippen molar-refractivity contribution in [2.75, 3.05) is 11.4 Å². The molecule has 0 unspecified atom stereocenters. The van der Waals surface area contributed by atoms with E-state index in [1.807, 2.05) is 26.0 Å². The number of methoxy groups -OCH3 is 1. The van der Waals surface area contributed by atoms with Gasteiger partial charge in [0, 0.05) is 0 Å². The number of aromatic hydroxyl groups is 1. The first-order valence-corrected chi connectivity index (χ1v) is 10.6. The number of sulfonamides is 1. The van der Waals surface area contributed by atoms with E-state index >= 15 is 0 Å². The van der Waals surface area contributed by atoms with Gasteiger partial charge in [-0.3, -0.25) is 4.31 Å². The number of phenols is 1. The number of phenolic OH excluding ortho intramolecular Hbond substituents is 1. The maximum atomic E-state index is 13.6. The highest BCUT2D eigenvalue weighted by atomic mass is 32.2. The molecule has 0 aliphatic carbocycles. The lowest BCUT2D eigenvalue weighted by Crippen LogP contribution is -2.50. The van der Waals surface area contributed by atoms with Gasteiger partial charge in [-0.25, -0.2) is 13.2 Å². The molecule has 0 bridgehead atoms. The van der Waals surface area contributed by atoms with Gasteiger partial charge >= 0.3 is 5.97 Å². The van der Waals surface area contributed by atoms with Crippen LogP contribution in [0.4, 0.5) is 5.69 Å². The lowest BCUT2D eigenvalue weighted by molar-refractivity contribution is 0.0597. The molecule has 0 saturated carbocycles. The minimum atomic E-state index is -3.97. The Morgan fingerprint density at radius 3 is 2.57 bits per heavy atom. The molecule has 0 saturated heterocycles. The number of carbonyl (C=O) groups is 1. The van der Waals surface area contributed by atoms with Crippen LogP contribution in [0, 0.1) is 0 Å². The quantitative estimate of drug-likeness (QED) is 0.788. The summed E-state index contributed by atoms with van der Waals surface area (Å²) in [6.07, 6.45) is 2.35. The molecule has 0 spiro atoms. The van der Waals surface area contributed by atoms with E-state index in [2.05, 4.69) is 17.7 Å². The average molecular weight is 404 g/mol. The van der Waals surface area contributed by atoms with Crippen molar-refractivity contribution in [3.8, 4) is 5.75 Å². The topological polar surface area (TPSA) is 83.9 Å². The van der Waals surface area contributed by atoms with Crippen molar-refractivity contribution in [1.82, 2.24) is 0 Å². The fraction of sp³-hybridized carbons (Fsp3) is 0.381. The van der Waals surface area contributed by atoms with Crippen LogP contribution in [0.25, 0.3) is 0 Å². The second-order valence-corrected chi connectivity index (χ2v) is 9.36. The van der Waals surface area contributed by atoms with E-state index in [9.17, 15) is 18.3 Å². The number of fused-ring (bicyclic) bond motifs is 1. The zero-order valence-corrected chi connectivity index (χ0v) is 17.3. The van der Waals surface area contributed by atoms with Gasteiger partial charge in [0.05, 0.1) is 23.2 Å². The highest BCUT2D eigenvalue weighted by Gasteiger charge is 2.41. The first-order valence-electron chi connectivity index (χ1n) is 9.20. The molecule has 2 aromatic rings. The molecule has 7 heteroatoms. The zero-order valence-electron chi connectivity index (χ0n) is 16.5. The van der Waals surface area contributed by atoms with E-state index in [4.69, 9.17) is 0 Å². The van der Waals surface area contributed by atoms with E-state index < -0.39 is 21.5 Å². The van der Waals surface area contributed by atoms with Crippen LogP contribution in [0.3, 0.4) is 0 Å². The van der Waals surface area contributed by atoms with Crippen molar-refractivity contribution in [2.45, 2.75) is 50.5 Å². The lowest BCUT2D eigenvalue weighted by atomic mass is 9.88. The fourth-order valence-electron chi connectivity index (χ4n) is 3.63. The minimum absolute atomic E-state index is 0.0637. The van der Waals surface area contributed by atoms with Crippen molar-refractivity contribution in [1.29, 1.82) is 0 Å². The van der Waals surface area contributed by atoms with Crippen molar-refractivity contribution in [3.05, 3.63) is 53.1 Å². The van der Waals surface area contributed by atoms with Crippen molar-refractivity contribution in [2.24, 2.45) is 0 Å². The maximum Gasteiger partial charge on any atom is 0.341 e. The number of anilines is 1. The molecule has 1 aliphatic heterocycles. The molecule has 1 heterocycles. The predicted octanol–water partition coefficient (Wildman–Crippen LogP) is 3.66. The molecule has 0 atom stereocenters. The second-order valence-electron chi connectivity index (χ2n) is 7.57. The Morgan fingerprint density at radius 1 is 1.21 bits per heavy atom. The van der Waals surface area contributed by atoms with E-state index in [0.29, 0.717) is 12.1 Å². The summed E-state index contributed by atoms with van der Waals surface area (Å²) in [7, 11) is -2.79. The molecular formula is C21H25NO5S. The number of esters is 1. The molecule has 3 rings (SSSR count). The monoisotopic (exact) mass is 403 g/mol. The van der Waals surface area contributed by atoms with Crippen LogP contribution in [-0.4, -0.2) is 32.1 Å². The molecule has 2 aromatic carbocycles. The summed E-state index contributed by atoms with van der Waals surface area (Å²) in [5.41, 5.74) is 1.99. The number of ether oxygens (including phenoxy) is 1. The van der Waals surface area contributed by atoms with Crippen LogP contribution in [0.2, 0.25) is 0 Å².